The molecule has 43 heavy (non-hydrogen) atoms. The van der Waals surface area contributed by atoms with Gasteiger partial charge in [0.25, 0.3) is 5.56 Å². The van der Waals surface area contributed by atoms with Crippen molar-refractivity contribution in [2.24, 2.45) is 4.99 Å². The first-order chi connectivity index (χ1) is 20.8. The lowest BCUT2D eigenvalue weighted by molar-refractivity contribution is -0.136. The van der Waals surface area contributed by atoms with Gasteiger partial charge in [0.2, 0.25) is 0 Å². The number of carbonyl (C=O) groups excluding carboxylic acids is 1. The third-order valence-corrected chi connectivity index (χ3v) is 8.72. The number of hydrogen-bond donors (Lipinski definition) is 0. The van der Waals surface area contributed by atoms with Crippen molar-refractivity contribution in [1.29, 1.82) is 5.26 Å². The number of rotatable bonds is 6. The minimum Gasteiger partial charge on any atom is -0.496 e. The molecule has 0 N–H and O–H groups in total. The van der Waals surface area contributed by atoms with Crippen LogP contribution in [0.5, 0.6) is 5.75 Å². The molecule has 0 aliphatic carbocycles. The molecule has 1 atom stereocenters. The summed E-state index contributed by atoms with van der Waals surface area (Å²) in [6.07, 6.45) is 3.84. The Bertz CT molecular complexity index is 2180. The molecule has 6 rings (SSSR count). The van der Waals surface area contributed by atoms with Gasteiger partial charge in [-0.25, -0.2) is 9.79 Å². The van der Waals surface area contributed by atoms with E-state index in [1.54, 1.807) is 31.2 Å². The van der Waals surface area contributed by atoms with Crippen LogP contribution in [0, 0.1) is 11.3 Å². The number of fused-ring (bicyclic) bond motifs is 2. The number of hydrogen-bond acceptors (Lipinski definition) is 7. The second-order valence-corrected chi connectivity index (χ2v) is 11.4. The van der Waals surface area contributed by atoms with Crippen molar-refractivity contribution in [1.82, 2.24) is 9.13 Å². The highest BCUT2D eigenvalue weighted by atomic mass is 35.5. The number of esters is 1. The second-order valence-electron chi connectivity index (χ2n) is 9.96. The Kier molecular flexibility index (Phi) is 7.48. The van der Waals surface area contributed by atoms with E-state index >= 15 is 0 Å². The van der Waals surface area contributed by atoms with Crippen LogP contribution in [-0.4, -0.2) is 29.3 Å². The number of nitriles is 1. The van der Waals surface area contributed by atoms with Crippen LogP contribution in [0.15, 0.2) is 94.0 Å². The van der Waals surface area contributed by atoms with Gasteiger partial charge in [0, 0.05) is 39.8 Å². The average Bonchev–Trinajstić information content (AvgIpc) is 3.52. The van der Waals surface area contributed by atoms with Crippen LogP contribution in [0.1, 0.15) is 35.2 Å². The van der Waals surface area contributed by atoms with Crippen molar-refractivity contribution < 1.29 is 14.3 Å². The lowest BCUT2D eigenvalue weighted by Gasteiger charge is -2.25. The lowest BCUT2D eigenvalue weighted by atomic mass is 9.95. The molecule has 0 spiro atoms. The van der Waals surface area contributed by atoms with Crippen LogP contribution in [0.3, 0.4) is 0 Å². The number of thiazole rings is 1. The highest BCUT2D eigenvalue weighted by molar-refractivity contribution is 7.07. The van der Waals surface area contributed by atoms with Crippen molar-refractivity contribution in [2.75, 3.05) is 14.2 Å². The number of para-hydroxylation sites is 1. The van der Waals surface area contributed by atoms with Crippen LogP contribution < -0.4 is 19.6 Å². The summed E-state index contributed by atoms with van der Waals surface area (Å²) < 4.78 is 14.8. The Labute approximate surface area is 255 Å². The molecular formula is C33H25ClN4O4S. The Hall–Kier alpha value is -4.91. The molecule has 1 aliphatic rings. The minimum absolute atomic E-state index is 0.231. The maximum Gasteiger partial charge on any atom is 0.338 e. The van der Waals surface area contributed by atoms with Crippen LogP contribution in [0.4, 0.5) is 0 Å². The summed E-state index contributed by atoms with van der Waals surface area (Å²) in [6, 6.07) is 21.9. The zero-order chi connectivity index (χ0) is 30.2. The lowest BCUT2D eigenvalue weighted by Crippen LogP contribution is -2.40. The van der Waals surface area contributed by atoms with E-state index in [4.69, 9.17) is 21.1 Å². The number of ether oxygens (including phenoxy) is 2. The molecule has 0 bridgehead atoms. The van der Waals surface area contributed by atoms with E-state index in [0.717, 1.165) is 22.0 Å². The standard InChI is InChI=1S/C33H25ClN4O4S/c1-19-29(32(40)42-3)30(25-15-23(34)12-13-27(25)41-2)38-31(39)28(43-33(38)36-19)14-22-18-37(26-11-7-6-10-24(22)26)17-21-9-5-4-8-20(21)16-35/h4-15,18,30H,17H2,1-3H3/b28-14-/t30-/m1/s1. The third kappa shape index (κ3) is 4.95. The number of allylic oxidation sites excluding steroid dienone is 1. The fourth-order valence-corrected chi connectivity index (χ4v) is 6.74. The number of carbonyl (C=O) groups is 1. The summed E-state index contributed by atoms with van der Waals surface area (Å²) in [4.78, 5) is 32.3. The highest BCUT2D eigenvalue weighted by Gasteiger charge is 2.35. The normalized spacial score (nSPS) is 14.8. The molecule has 10 heteroatoms. The fraction of sp³-hybridized carbons (Fsp3) is 0.152. The summed E-state index contributed by atoms with van der Waals surface area (Å²) in [7, 11) is 2.82. The maximum absolute atomic E-state index is 14.2. The summed E-state index contributed by atoms with van der Waals surface area (Å²) in [5.74, 6) is -0.121. The molecule has 0 amide bonds. The van der Waals surface area contributed by atoms with E-state index in [1.807, 2.05) is 54.7 Å². The van der Waals surface area contributed by atoms with E-state index < -0.39 is 12.0 Å². The van der Waals surface area contributed by atoms with E-state index in [9.17, 15) is 14.9 Å². The largest absolute Gasteiger partial charge is 0.496 e. The molecule has 8 nitrogen and oxygen atoms in total. The second kappa shape index (κ2) is 11.4. The van der Waals surface area contributed by atoms with Crippen LogP contribution in [0.25, 0.3) is 17.0 Å². The molecule has 0 fully saturated rings. The molecule has 0 saturated carbocycles. The topological polar surface area (TPSA) is 98.6 Å². The van der Waals surface area contributed by atoms with Gasteiger partial charge in [-0.3, -0.25) is 9.36 Å². The van der Waals surface area contributed by atoms with Gasteiger partial charge < -0.3 is 14.0 Å². The molecule has 0 saturated heterocycles. The Morgan fingerprint density at radius 3 is 2.67 bits per heavy atom. The van der Waals surface area contributed by atoms with Crippen LogP contribution >= 0.6 is 22.9 Å². The number of aromatic nitrogens is 2. The zero-order valence-electron chi connectivity index (χ0n) is 23.5. The first-order valence-electron chi connectivity index (χ1n) is 13.3. The van der Waals surface area contributed by atoms with Crippen molar-refractivity contribution in [3.63, 3.8) is 0 Å². The Balaban J connectivity index is 1.55. The smallest absolute Gasteiger partial charge is 0.338 e. The van der Waals surface area contributed by atoms with Crippen LogP contribution in [-0.2, 0) is 16.1 Å². The summed E-state index contributed by atoms with van der Waals surface area (Å²) in [5, 5.41) is 11.0. The predicted molar refractivity (Wildman–Crippen MR) is 166 cm³/mol. The molecular weight excluding hydrogens is 584 g/mol. The number of benzene rings is 3. The van der Waals surface area contributed by atoms with Crippen molar-refractivity contribution in [3.8, 4) is 11.8 Å². The fourth-order valence-electron chi connectivity index (χ4n) is 5.52. The molecule has 0 unspecified atom stereocenters. The van der Waals surface area contributed by atoms with E-state index in [1.165, 1.54) is 30.1 Å². The van der Waals surface area contributed by atoms with Crippen LogP contribution in [0.2, 0.25) is 5.02 Å². The molecule has 214 valence electrons. The first-order valence-corrected chi connectivity index (χ1v) is 14.5. The molecule has 3 aromatic carbocycles. The first kappa shape index (κ1) is 28.2. The van der Waals surface area contributed by atoms with Gasteiger partial charge in [0.1, 0.15) is 11.8 Å². The van der Waals surface area contributed by atoms with Crippen molar-refractivity contribution >= 4 is 45.9 Å². The van der Waals surface area contributed by atoms with Gasteiger partial charge in [-0.15, -0.1) is 0 Å². The number of methoxy groups -OCH3 is 2. The van der Waals surface area contributed by atoms with E-state index in [2.05, 4.69) is 15.6 Å². The SMILES string of the molecule is COC(=O)C1=C(C)N=c2s/c(=C\c3cn(Cc4ccccc4C#N)c4ccccc34)c(=O)n2[C@@H]1c1cc(Cl)ccc1OC. The third-order valence-electron chi connectivity index (χ3n) is 7.50. The summed E-state index contributed by atoms with van der Waals surface area (Å²) in [6.45, 7) is 2.22. The van der Waals surface area contributed by atoms with Gasteiger partial charge in [-0.05, 0) is 48.9 Å². The van der Waals surface area contributed by atoms with Gasteiger partial charge in [0.05, 0.1) is 41.7 Å². The Morgan fingerprint density at radius 2 is 1.91 bits per heavy atom. The van der Waals surface area contributed by atoms with Gasteiger partial charge >= 0.3 is 5.97 Å². The summed E-state index contributed by atoms with van der Waals surface area (Å²) in [5.41, 5.74) is 4.24. The quantitative estimate of drug-likeness (QED) is 0.254. The monoisotopic (exact) mass is 608 g/mol. The molecule has 1 aliphatic heterocycles. The molecule has 2 aromatic heterocycles. The number of nitrogens with zero attached hydrogens (tertiary/aromatic N) is 4. The molecule has 3 heterocycles. The van der Waals surface area contributed by atoms with E-state index in [-0.39, 0.29) is 11.1 Å². The highest BCUT2D eigenvalue weighted by Crippen LogP contribution is 2.37. The van der Waals surface area contributed by atoms with Gasteiger partial charge in [-0.1, -0.05) is 59.3 Å². The Morgan fingerprint density at radius 1 is 1.14 bits per heavy atom. The zero-order valence-corrected chi connectivity index (χ0v) is 25.1. The molecule has 0 radical (unpaired) electrons. The van der Waals surface area contributed by atoms with Crippen molar-refractivity contribution in [3.05, 3.63) is 131 Å². The molecule has 5 aromatic rings. The summed E-state index contributed by atoms with van der Waals surface area (Å²) >= 11 is 7.62. The predicted octanol–water partition coefficient (Wildman–Crippen LogP) is 4.94. The van der Waals surface area contributed by atoms with E-state index in [0.29, 0.717) is 43.5 Å². The maximum atomic E-state index is 14.2. The van der Waals surface area contributed by atoms with Crippen molar-refractivity contribution in [2.45, 2.75) is 19.5 Å². The minimum atomic E-state index is -0.858. The van der Waals surface area contributed by atoms with Gasteiger partial charge in [-0.2, -0.15) is 5.26 Å². The average molecular weight is 609 g/mol. The van der Waals surface area contributed by atoms with Gasteiger partial charge in [0.15, 0.2) is 4.80 Å². The number of halogens is 1.